The molecule has 0 spiro atoms. The third kappa shape index (κ3) is 5.92. The number of fused-ring (bicyclic) bond motifs is 1. The zero-order valence-corrected chi connectivity index (χ0v) is 24.9. The molecule has 11 heteroatoms. The van der Waals surface area contributed by atoms with Crippen molar-refractivity contribution < 1.29 is 28.2 Å². The molecule has 2 atom stereocenters. The van der Waals surface area contributed by atoms with Gasteiger partial charge in [0.1, 0.15) is 22.3 Å². The van der Waals surface area contributed by atoms with Gasteiger partial charge in [0.25, 0.3) is 5.91 Å². The van der Waals surface area contributed by atoms with E-state index in [4.69, 9.17) is 25.8 Å². The number of methoxy groups -OCH3 is 2. The minimum absolute atomic E-state index is 0.0450. The lowest BCUT2D eigenvalue weighted by atomic mass is 9.90. The molecule has 4 rings (SSSR count). The first-order chi connectivity index (χ1) is 18.8. The van der Waals surface area contributed by atoms with E-state index in [-0.39, 0.29) is 40.7 Å². The molecule has 2 aliphatic rings. The topological polar surface area (TPSA) is 102 Å². The quantitative estimate of drug-likeness (QED) is 0.388. The van der Waals surface area contributed by atoms with Crippen LogP contribution in [-0.4, -0.2) is 53.8 Å². The molecule has 1 aliphatic heterocycles. The first-order valence-electron chi connectivity index (χ1n) is 13.4. The molecule has 0 saturated heterocycles. The van der Waals surface area contributed by atoms with Crippen molar-refractivity contribution in [2.45, 2.75) is 90.1 Å². The number of aromatic nitrogens is 1. The number of hydrogen-bond donors (Lipinski definition) is 2. The van der Waals surface area contributed by atoms with Gasteiger partial charge in [0, 0.05) is 23.2 Å². The van der Waals surface area contributed by atoms with E-state index in [2.05, 4.69) is 15.6 Å². The number of benzene rings is 1. The van der Waals surface area contributed by atoms with Crippen molar-refractivity contribution >= 4 is 29.4 Å². The highest BCUT2D eigenvalue weighted by molar-refractivity contribution is 6.33. The average molecular weight is 577 g/mol. The second kappa shape index (κ2) is 11.3. The number of rotatable bonds is 7. The molecular formula is C29H38ClFN4O5. The van der Waals surface area contributed by atoms with Crippen molar-refractivity contribution in [2.75, 3.05) is 19.5 Å². The van der Waals surface area contributed by atoms with Gasteiger partial charge in [0.15, 0.2) is 11.6 Å². The molecule has 0 unspecified atom stereocenters. The molecule has 1 aliphatic carbocycles. The Morgan fingerprint density at radius 2 is 1.85 bits per heavy atom. The van der Waals surface area contributed by atoms with Crippen molar-refractivity contribution in [1.29, 1.82) is 0 Å². The van der Waals surface area contributed by atoms with Crippen molar-refractivity contribution in [3.05, 3.63) is 45.9 Å². The number of pyridine rings is 1. The zero-order chi connectivity index (χ0) is 29.4. The molecule has 1 aromatic carbocycles. The molecule has 1 aromatic heterocycles. The average Bonchev–Trinajstić information content (AvgIpc) is 3.08. The molecule has 2 amide bonds. The first-order valence-corrected chi connectivity index (χ1v) is 13.8. The summed E-state index contributed by atoms with van der Waals surface area (Å²) in [5.74, 6) is 0.0711. The van der Waals surface area contributed by atoms with Gasteiger partial charge in [-0.3, -0.25) is 4.79 Å². The molecule has 2 N–H and O–H groups in total. The van der Waals surface area contributed by atoms with E-state index in [9.17, 15) is 9.59 Å². The molecular weight excluding hydrogens is 539 g/mol. The summed E-state index contributed by atoms with van der Waals surface area (Å²) < 4.78 is 32.4. The van der Waals surface area contributed by atoms with Gasteiger partial charge < -0.3 is 29.7 Å². The Labute approximate surface area is 239 Å². The van der Waals surface area contributed by atoms with Crippen molar-refractivity contribution in [2.24, 2.45) is 0 Å². The van der Waals surface area contributed by atoms with Crippen LogP contribution < -0.4 is 20.1 Å². The van der Waals surface area contributed by atoms with Crippen LogP contribution in [0.2, 0.25) is 5.15 Å². The van der Waals surface area contributed by atoms with Crippen molar-refractivity contribution in [1.82, 2.24) is 15.2 Å². The van der Waals surface area contributed by atoms with Crippen LogP contribution in [-0.2, 0) is 16.8 Å². The molecule has 9 nitrogen and oxygen atoms in total. The van der Waals surface area contributed by atoms with Gasteiger partial charge in [-0.1, -0.05) is 24.4 Å². The minimum Gasteiger partial charge on any atom is -0.497 e. The largest absolute Gasteiger partial charge is 0.497 e. The summed E-state index contributed by atoms with van der Waals surface area (Å²) in [5.41, 5.74) is -0.707. The van der Waals surface area contributed by atoms with Crippen LogP contribution in [0.1, 0.15) is 81.8 Å². The number of nitrogens with one attached hydrogen (secondary N) is 2. The fraction of sp³-hybridized carbons (Fsp3) is 0.552. The molecule has 0 bridgehead atoms. The number of hydrogen-bond acceptors (Lipinski definition) is 7. The van der Waals surface area contributed by atoms with Gasteiger partial charge in [-0.15, -0.1) is 0 Å². The minimum atomic E-state index is -1.04. The predicted molar refractivity (Wildman–Crippen MR) is 151 cm³/mol. The molecule has 2 aromatic rings. The summed E-state index contributed by atoms with van der Waals surface area (Å²) in [6.07, 6.45) is 2.71. The second-order valence-corrected chi connectivity index (χ2v) is 12.1. The fourth-order valence-corrected chi connectivity index (χ4v) is 5.72. The fourth-order valence-electron chi connectivity index (χ4n) is 5.46. The monoisotopic (exact) mass is 576 g/mol. The maximum Gasteiger partial charge on any atom is 0.407 e. The summed E-state index contributed by atoms with van der Waals surface area (Å²) in [7, 11) is 3.10. The number of amides is 2. The SMILES string of the molecule is COc1ccc(CN2C(=O)c3c(Cl)nc(N[C@@H]4CCCC[C@@H]4NC(=O)OC(C)(C)C)c(F)c3C2(C)C)c(OC)c1. The highest BCUT2D eigenvalue weighted by Gasteiger charge is 2.48. The van der Waals surface area contributed by atoms with E-state index >= 15 is 4.39 Å². The van der Waals surface area contributed by atoms with E-state index < -0.39 is 29.0 Å². The lowest BCUT2D eigenvalue weighted by Crippen LogP contribution is -2.50. The second-order valence-electron chi connectivity index (χ2n) is 11.7. The van der Waals surface area contributed by atoms with Gasteiger partial charge >= 0.3 is 6.09 Å². The van der Waals surface area contributed by atoms with Gasteiger partial charge in [-0.25, -0.2) is 14.2 Å². The Balaban J connectivity index is 1.62. The summed E-state index contributed by atoms with van der Waals surface area (Å²) in [4.78, 5) is 31.9. The van der Waals surface area contributed by atoms with Crippen LogP contribution in [0, 0.1) is 5.82 Å². The predicted octanol–water partition coefficient (Wildman–Crippen LogP) is 6.03. The van der Waals surface area contributed by atoms with Gasteiger partial charge in [-0.2, -0.15) is 0 Å². The van der Waals surface area contributed by atoms with Gasteiger partial charge in [0.2, 0.25) is 0 Å². The number of carbonyl (C=O) groups excluding carboxylic acids is 2. The number of ether oxygens (including phenoxy) is 3. The number of alkyl carbamates (subject to hydrolysis) is 1. The van der Waals surface area contributed by atoms with Crippen molar-refractivity contribution in [3.63, 3.8) is 0 Å². The highest BCUT2D eigenvalue weighted by atomic mass is 35.5. The molecule has 40 heavy (non-hydrogen) atoms. The van der Waals surface area contributed by atoms with Crippen LogP contribution in [0.4, 0.5) is 15.0 Å². The smallest absolute Gasteiger partial charge is 0.407 e. The number of nitrogens with zero attached hydrogens (tertiary/aromatic N) is 2. The highest BCUT2D eigenvalue weighted by Crippen LogP contribution is 2.46. The van der Waals surface area contributed by atoms with E-state index in [1.54, 1.807) is 65.9 Å². The Kier molecular flexibility index (Phi) is 8.40. The summed E-state index contributed by atoms with van der Waals surface area (Å²) in [6.45, 7) is 9.12. The van der Waals surface area contributed by atoms with Crippen molar-refractivity contribution in [3.8, 4) is 11.5 Å². The summed E-state index contributed by atoms with van der Waals surface area (Å²) in [5, 5.41) is 6.02. The first kappa shape index (κ1) is 29.7. The van der Waals surface area contributed by atoms with Crippen LogP contribution in [0.25, 0.3) is 0 Å². The summed E-state index contributed by atoms with van der Waals surface area (Å²) in [6, 6.07) is 4.75. The Morgan fingerprint density at radius 3 is 2.48 bits per heavy atom. The standard InChI is InChI=1S/C29H38ClFN4O5/c1-28(2,3)40-27(37)33-19-11-9-8-10-18(19)32-25-23(31)22-21(24(30)34-25)26(36)35(29(22,4)5)15-16-12-13-17(38-6)14-20(16)39-7/h12-14,18-19H,8-11,15H2,1-7H3,(H,32,34)(H,33,37)/t18-,19+/m1/s1. The van der Waals surface area contributed by atoms with Crippen LogP contribution in [0.5, 0.6) is 11.5 Å². The van der Waals surface area contributed by atoms with Crippen LogP contribution in [0.15, 0.2) is 18.2 Å². The third-order valence-electron chi connectivity index (χ3n) is 7.45. The number of carbonyl (C=O) groups is 2. The van der Waals surface area contributed by atoms with Crippen LogP contribution in [0.3, 0.4) is 0 Å². The van der Waals surface area contributed by atoms with Crippen LogP contribution >= 0.6 is 11.6 Å². The summed E-state index contributed by atoms with van der Waals surface area (Å²) >= 11 is 6.55. The van der Waals surface area contributed by atoms with E-state index in [0.717, 1.165) is 18.4 Å². The Morgan fingerprint density at radius 1 is 1.18 bits per heavy atom. The normalized spacial score (nSPS) is 20.1. The number of halogens is 2. The maximum absolute atomic E-state index is 16.2. The molecule has 1 saturated carbocycles. The lowest BCUT2D eigenvalue weighted by molar-refractivity contribution is 0.0488. The molecule has 0 radical (unpaired) electrons. The van der Waals surface area contributed by atoms with Gasteiger partial charge in [-0.05, 0) is 59.6 Å². The molecule has 2 heterocycles. The Bertz CT molecular complexity index is 1300. The van der Waals surface area contributed by atoms with Gasteiger partial charge in [0.05, 0.1) is 37.9 Å². The molecule has 218 valence electrons. The zero-order valence-electron chi connectivity index (χ0n) is 24.1. The Hall–Kier alpha value is -3.27. The molecule has 1 fully saturated rings. The van der Waals surface area contributed by atoms with E-state index in [0.29, 0.717) is 24.3 Å². The maximum atomic E-state index is 16.2. The third-order valence-corrected chi connectivity index (χ3v) is 7.73. The van der Waals surface area contributed by atoms with E-state index in [1.165, 1.54) is 0 Å². The lowest BCUT2D eigenvalue weighted by Gasteiger charge is -2.35. The number of anilines is 1. The van der Waals surface area contributed by atoms with E-state index in [1.807, 2.05) is 6.07 Å².